The van der Waals surface area contributed by atoms with E-state index in [1.165, 1.54) is 6.92 Å². The number of ether oxygens (including phenoxy) is 3. The predicted octanol–water partition coefficient (Wildman–Crippen LogP) is 3.95. The number of aromatic nitrogens is 2. The zero-order valence-corrected chi connectivity index (χ0v) is 17.1. The van der Waals surface area contributed by atoms with Gasteiger partial charge in [-0.15, -0.1) is 0 Å². The van der Waals surface area contributed by atoms with Crippen LogP contribution in [0.3, 0.4) is 0 Å². The van der Waals surface area contributed by atoms with E-state index in [4.69, 9.17) is 14.2 Å². The molecule has 30 heavy (non-hydrogen) atoms. The number of rotatable bonds is 8. The SMILES string of the molecule is COc1cc(Nc2cncc(Nc3cccc(NC(C)=O)c3)n2)cc(OC)c1OC. The van der Waals surface area contributed by atoms with Gasteiger partial charge in [-0.2, -0.15) is 0 Å². The second-order valence-corrected chi connectivity index (χ2v) is 6.22. The average molecular weight is 409 g/mol. The van der Waals surface area contributed by atoms with Crippen LogP contribution >= 0.6 is 0 Å². The van der Waals surface area contributed by atoms with E-state index in [-0.39, 0.29) is 5.91 Å². The summed E-state index contributed by atoms with van der Waals surface area (Å²) in [7, 11) is 4.66. The molecule has 3 aromatic rings. The molecule has 1 amide bonds. The smallest absolute Gasteiger partial charge is 0.221 e. The van der Waals surface area contributed by atoms with Crippen LogP contribution in [-0.4, -0.2) is 37.2 Å². The van der Waals surface area contributed by atoms with E-state index < -0.39 is 0 Å². The molecule has 0 radical (unpaired) electrons. The fourth-order valence-corrected chi connectivity index (χ4v) is 2.81. The summed E-state index contributed by atoms with van der Waals surface area (Å²) < 4.78 is 16.1. The lowest BCUT2D eigenvalue weighted by atomic mass is 10.2. The molecule has 0 unspecified atom stereocenters. The summed E-state index contributed by atoms with van der Waals surface area (Å²) in [5, 5.41) is 9.10. The predicted molar refractivity (Wildman–Crippen MR) is 115 cm³/mol. The molecule has 0 saturated heterocycles. The van der Waals surface area contributed by atoms with Crippen molar-refractivity contribution in [3.8, 4) is 17.2 Å². The largest absolute Gasteiger partial charge is 0.493 e. The average Bonchev–Trinajstić information content (AvgIpc) is 2.73. The molecule has 0 saturated carbocycles. The summed E-state index contributed by atoms with van der Waals surface area (Å²) in [4.78, 5) is 20.0. The fraction of sp³-hybridized carbons (Fsp3) is 0.190. The Labute approximate surface area is 174 Å². The van der Waals surface area contributed by atoms with Crippen molar-refractivity contribution in [1.82, 2.24) is 9.97 Å². The van der Waals surface area contributed by atoms with E-state index in [2.05, 4.69) is 25.9 Å². The van der Waals surface area contributed by atoms with Crippen LogP contribution in [0.2, 0.25) is 0 Å². The Morgan fingerprint density at radius 3 is 2.00 bits per heavy atom. The lowest BCUT2D eigenvalue weighted by Crippen LogP contribution is -2.06. The zero-order chi connectivity index (χ0) is 21.5. The van der Waals surface area contributed by atoms with E-state index in [9.17, 15) is 4.79 Å². The van der Waals surface area contributed by atoms with Gasteiger partial charge in [0.25, 0.3) is 0 Å². The number of amides is 1. The first-order chi connectivity index (χ1) is 14.5. The van der Waals surface area contributed by atoms with Gasteiger partial charge in [-0.3, -0.25) is 9.78 Å². The summed E-state index contributed by atoms with van der Waals surface area (Å²) >= 11 is 0. The summed E-state index contributed by atoms with van der Waals surface area (Å²) in [5.41, 5.74) is 2.15. The highest BCUT2D eigenvalue weighted by atomic mass is 16.5. The van der Waals surface area contributed by atoms with E-state index in [1.54, 1.807) is 51.9 Å². The summed E-state index contributed by atoms with van der Waals surface area (Å²) in [5.74, 6) is 2.47. The molecule has 0 aliphatic carbocycles. The van der Waals surface area contributed by atoms with Gasteiger partial charge in [-0.05, 0) is 18.2 Å². The van der Waals surface area contributed by atoms with Crippen LogP contribution in [0.1, 0.15) is 6.92 Å². The highest BCUT2D eigenvalue weighted by Gasteiger charge is 2.13. The zero-order valence-electron chi connectivity index (χ0n) is 17.1. The maximum Gasteiger partial charge on any atom is 0.221 e. The molecule has 3 rings (SSSR count). The molecule has 0 fully saturated rings. The van der Waals surface area contributed by atoms with Gasteiger partial charge in [0, 0.05) is 36.1 Å². The van der Waals surface area contributed by atoms with Crippen LogP contribution in [0.4, 0.5) is 28.7 Å². The third kappa shape index (κ3) is 5.07. The number of carbonyl (C=O) groups excluding carboxylic acids is 1. The van der Waals surface area contributed by atoms with Crippen LogP contribution in [-0.2, 0) is 4.79 Å². The van der Waals surface area contributed by atoms with Crippen LogP contribution in [0.25, 0.3) is 0 Å². The Kier molecular flexibility index (Phi) is 6.53. The minimum absolute atomic E-state index is 0.136. The second kappa shape index (κ2) is 9.46. The first-order valence-corrected chi connectivity index (χ1v) is 9.06. The van der Waals surface area contributed by atoms with Gasteiger partial charge < -0.3 is 30.2 Å². The van der Waals surface area contributed by atoms with Gasteiger partial charge in [0.05, 0.1) is 33.7 Å². The van der Waals surface area contributed by atoms with Crippen LogP contribution in [0.5, 0.6) is 17.2 Å². The lowest BCUT2D eigenvalue weighted by molar-refractivity contribution is -0.114. The van der Waals surface area contributed by atoms with Crippen molar-refractivity contribution in [2.45, 2.75) is 6.92 Å². The lowest BCUT2D eigenvalue weighted by Gasteiger charge is -2.15. The molecule has 1 heterocycles. The van der Waals surface area contributed by atoms with Crippen molar-refractivity contribution in [3.05, 3.63) is 48.8 Å². The summed E-state index contributed by atoms with van der Waals surface area (Å²) in [6.45, 7) is 1.46. The summed E-state index contributed by atoms with van der Waals surface area (Å²) in [6, 6.07) is 10.9. The molecule has 2 aromatic carbocycles. The second-order valence-electron chi connectivity index (χ2n) is 6.22. The topological polar surface area (TPSA) is 107 Å². The Balaban J connectivity index is 1.80. The molecular weight excluding hydrogens is 386 g/mol. The molecule has 9 nitrogen and oxygen atoms in total. The third-order valence-electron chi connectivity index (χ3n) is 4.03. The van der Waals surface area contributed by atoms with Gasteiger partial charge >= 0.3 is 0 Å². The van der Waals surface area contributed by atoms with Crippen LogP contribution < -0.4 is 30.2 Å². The maximum atomic E-state index is 11.2. The minimum atomic E-state index is -0.136. The Morgan fingerprint density at radius 1 is 0.833 bits per heavy atom. The first-order valence-electron chi connectivity index (χ1n) is 9.06. The van der Waals surface area contributed by atoms with Gasteiger partial charge in [0.2, 0.25) is 11.7 Å². The maximum absolute atomic E-state index is 11.2. The van der Waals surface area contributed by atoms with Crippen LogP contribution in [0, 0.1) is 0 Å². The first kappa shape index (κ1) is 20.7. The number of benzene rings is 2. The Bertz CT molecular complexity index is 1020. The number of nitrogens with one attached hydrogen (secondary N) is 3. The monoisotopic (exact) mass is 409 g/mol. The number of carbonyl (C=O) groups is 1. The number of nitrogens with zero attached hydrogens (tertiary/aromatic N) is 2. The number of anilines is 5. The van der Waals surface area contributed by atoms with E-state index in [0.717, 1.165) is 5.69 Å². The Morgan fingerprint density at radius 2 is 1.43 bits per heavy atom. The van der Waals surface area contributed by atoms with Crippen molar-refractivity contribution in [1.29, 1.82) is 0 Å². The molecule has 0 atom stereocenters. The molecule has 0 aliphatic heterocycles. The fourth-order valence-electron chi connectivity index (χ4n) is 2.81. The molecule has 0 spiro atoms. The molecule has 0 bridgehead atoms. The van der Waals surface area contributed by atoms with Crippen molar-refractivity contribution in [3.63, 3.8) is 0 Å². The van der Waals surface area contributed by atoms with E-state index >= 15 is 0 Å². The number of hydrogen-bond acceptors (Lipinski definition) is 8. The van der Waals surface area contributed by atoms with Crippen molar-refractivity contribution in [2.24, 2.45) is 0 Å². The number of hydrogen-bond donors (Lipinski definition) is 3. The van der Waals surface area contributed by atoms with E-state index in [1.807, 2.05) is 18.2 Å². The van der Waals surface area contributed by atoms with E-state index in [0.29, 0.717) is 40.3 Å². The molecular formula is C21H23N5O4. The van der Waals surface area contributed by atoms with Crippen molar-refractivity contribution in [2.75, 3.05) is 37.3 Å². The van der Waals surface area contributed by atoms with Crippen LogP contribution in [0.15, 0.2) is 48.8 Å². The minimum Gasteiger partial charge on any atom is -0.493 e. The van der Waals surface area contributed by atoms with Crippen molar-refractivity contribution < 1.29 is 19.0 Å². The molecule has 3 N–H and O–H groups in total. The van der Waals surface area contributed by atoms with Gasteiger partial charge in [-0.25, -0.2) is 4.98 Å². The molecule has 156 valence electrons. The van der Waals surface area contributed by atoms with Gasteiger partial charge in [0.1, 0.15) is 0 Å². The Hall–Kier alpha value is -4.01. The van der Waals surface area contributed by atoms with Crippen molar-refractivity contribution >= 4 is 34.6 Å². The molecule has 0 aliphatic rings. The molecule has 9 heteroatoms. The quantitative estimate of drug-likeness (QED) is 0.513. The summed E-state index contributed by atoms with van der Waals surface area (Å²) in [6.07, 6.45) is 3.20. The number of methoxy groups -OCH3 is 3. The molecule has 1 aromatic heterocycles. The van der Waals surface area contributed by atoms with Gasteiger partial charge in [-0.1, -0.05) is 6.07 Å². The standard InChI is InChI=1S/C21H23N5O4/c1-13(27)23-14-6-5-7-15(8-14)24-19-11-22-12-20(26-19)25-16-9-17(28-2)21(30-4)18(10-16)29-3/h5-12H,1-4H3,(H,23,27)(H2,24,25,26). The van der Waals surface area contributed by atoms with Gasteiger partial charge in [0.15, 0.2) is 23.1 Å². The normalized spacial score (nSPS) is 10.1. The highest BCUT2D eigenvalue weighted by Crippen LogP contribution is 2.40. The third-order valence-corrected chi connectivity index (χ3v) is 4.03. The highest BCUT2D eigenvalue weighted by molar-refractivity contribution is 5.89.